The van der Waals surface area contributed by atoms with E-state index in [4.69, 9.17) is 5.11 Å². The fourth-order valence-electron chi connectivity index (χ4n) is 1.30. The Balaban J connectivity index is 3.38. The third-order valence-electron chi connectivity index (χ3n) is 2.04. The van der Waals surface area contributed by atoms with Gasteiger partial charge in [-0.1, -0.05) is 6.07 Å². The van der Waals surface area contributed by atoms with Crippen LogP contribution in [-0.4, -0.2) is 23.3 Å². The van der Waals surface area contributed by atoms with E-state index in [1.807, 2.05) is 0 Å². The molecule has 0 aromatic heterocycles. The van der Waals surface area contributed by atoms with Crippen LogP contribution in [0.2, 0.25) is 0 Å². The summed E-state index contributed by atoms with van der Waals surface area (Å²) < 4.78 is 41.5. The van der Waals surface area contributed by atoms with Crippen molar-refractivity contribution in [2.45, 2.75) is 12.3 Å². The standard InChI is InChI=1S/C9H8F3NO4/c1-17-6-4-2-3-5(7(6)13(15)16)8(14)9(10,11)12/h2-4,8,14H,1H3. The average molecular weight is 251 g/mol. The topological polar surface area (TPSA) is 72.6 Å². The molecule has 1 aromatic carbocycles. The molecule has 8 heteroatoms. The second-order valence-corrected chi connectivity index (χ2v) is 3.10. The predicted octanol–water partition coefficient (Wildman–Crippen LogP) is 2.20. The lowest BCUT2D eigenvalue weighted by atomic mass is 10.1. The highest BCUT2D eigenvalue weighted by molar-refractivity contribution is 5.53. The second kappa shape index (κ2) is 4.58. The van der Waals surface area contributed by atoms with Gasteiger partial charge in [-0.05, 0) is 12.1 Å². The third-order valence-corrected chi connectivity index (χ3v) is 2.04. The maximum atomic E-state index is 12.3. The SMILES string of the molecule is COc1cccc(C(O)C(F)(F)F)c1[N+](=O)[O-]. The van der Waals surface area contributed by atoms with Crippen LogP contribution < -0.4 is 4.74 Å². The minimum Gasteiger partial charge on any atom is -0.490 e. The average Bonchev–Trinajstić information content (AvgIpc) is 2.25. The summed E-state index contributed by atoms with van der Waals surface area (Å²) in [5.74, 6) is -0.337. The summed E-state index contributed by atoms with van der Waals surface area (Å²) in [6.45, 7) is 0. The van der Waals surface area contributed by atoms with Crippen LogP contribution in [0.25, 0.3) is 0 Å². The van der Waals surface area contributed by atoms with Crippen molar-refractivity contribution in [2.75, 3.05) is 7.11 Å². The number of methoxy groups -OCH3 is 1. The van der Waals surface area contributed by atoms with Crippen molar-refractivity contribution < 1.29 is 27.9 Å². The van der Waals surface area contributed by atoms with Gasteiger partial charge in [0.1, 0.15) is 0 Å². The highest BCUT2D eigenvalue weighted by Gasteiger charge is 2.43. The van der Waals surface area contributed by atoms with E-state index in [1.165, 1.54) is 0 Å². The number of hydrogen-bond donors (Lipinski definition) is 1. The first-order valence-corrected chi connectivity index (χ1v) is 4.35. The van der Waals surface area contributed by atoms with E-state index < -0.39 is 28.5 Å². The van der Waals surface area contributed by atoms with Crippen molar-refractivity contribution in [3.8, 4) is 5.75 Å². The normalized spacial score (nSPS) is 13.2. The monoisotopic (exact) mass is 251 g/mol. The number of aliphatic hydroxyl groups is 1. The summed E-state index contributed by atoms with van der Waals surface area (Å²) in [5.41, 5.74) is -1.73. The van der Waals surface area contributed by atoms with Crippen molar-refractivity contribution in [3.63, 3.8) is 0 Å². The minimum atomic E-state index is -4.98. The molecule has 0 fully saturated rings. The Labute approximate surface area is 93.6 Å². The summed E-state index contributed by atoms with van der Waals surface area (Å²) in [7, 11) is 1.09. The Kier molecular flexibility index (Phi) is 3.56. The van der Waals surface area contributed by atoms with Gasteiger partial charge < -0.3 is 9.84 Å². The number of nitrogens with zero attached hydrogens (tertiary/aromatic N) is 1. The van der Waals surface area contributed by atoms with Gasteiger partial charge in [0.15, 0.2) is 11.9 Å². The van der Waals surface area contributed by atoms with Gasteiger partial charge in [-0.25, -0.2) is 0 Å². The lowest BCUT2D eigenvalue weighted by molar-refractivity contribution is -0.388. The number of para-hydroxylation sites is 1. The molecule has 1 N–H and O–H groups in total. The largest absolute Gasteiger partial charge is 0.490 e. The lowest BCUT2D eigenvalue weighted by Crippen LogP contribution is -2.21. The van der Waals surface area contributed by atoms with Crippen LogP contribution in [0.4, 0.5) is 18.9 Å². The van der Waals surface area contributed by atoms with Gasteiger partial charge in [-0.3, -0.25) is 10.1 Å². The molecule has 1 rings (SSSR count). The number of benzene rings is 1. The number of halogens is 3. The van der Waals surface area contributed by atoms with Crippen LogP contribution in [-0.2, 0) is 0 Å². The number of alkyl halides is 3. The molecule has 0 aliphatic heterocycles. The highest BCUT2D eigenvalue weighted by atomic mass is 19.4. The Morgan fingerprint density at radius 2 is 2.06 bits per heavy atom. The zero-order valence-corrected chi connectivity index (χ0v) is 8.56. The molecule has 1 aromatic rings. The molecule has 1 unspecified atom stereocenters. The van der Waals surface area contributed by atoms with E-state index in [9.17, 15) is 23.3 Å². The second-order valence-electron chi connectivity index (χ2n) is 3.10. The number of nitro benzene ring substituents is 1. The van der Waals surface area contributed by atoms with Crippen LogP contribution >= 0.6 is 0 Å². The first kappa shape index (κ1) is 13.2. The van der Waals surface area contributed by atoms with Gasteiger partial charge in [-0.15, -0.1) is 0 Å². The molecule has 1 atom stereocenters. The smallest absolute Gasteiger partial charge is 0.418 e. The van der Waals surface area contributed by atoms with Crippen LogP contribution in [0.3, 0.4) is 0 Å². The molecule has 0 bridgehead atoms. The molecule has 0 aliphatic rings. The molecule has 0 heterocycles. The Hall–Kier alpha value is -1.83. The zero-order valence-electron chi connectivity index (χ0n) is 8.56. The van der Waals surface area contributed by atoms with Crippen LogP contribution in [0.1, 0.15) is 11.7 Å². The molecule has 0 saturated carbocycles. The maximum Gasteiger partial charge on any atom is 0.418 e. The van der Waals surface area contributed by atoms with Crippen molar-refractivity contribution in [1.29, 1.82) is 0 Å². The minimum absolute atomic E-state index is 0.337. The zero-order chi connectivity index (χ0) is 13.2. The van der Waals surface area contributed by atoms with Crippen LogP contribution in [0, 0.1) is 10.1 Å². The Bertz CT molecular complexity index is 433. The molecular weight excluding hydrogens is 243 g/mol. The van der Waals surface area contributed by atoms with Gasteiger partial charge in [-0.2, -0.15) is 13.2 Å². The van der Waals surface area contributed by atoms with E-state index >= 15 is 0 Å². The number of rotatable bonds is 3. The molecule has 17 heavy (non-hydrogen) atoms. The van der Waals surface area contributed by atoms with Gasteiger partial charge >= 0.3 is 11.9 Å². The first-order valence-electron chi connectivity index (χ1n) is 4.35. The Morgan fingerprint density at radius 3 is 2.47 bits per heavy atom. The van der Waals surface area contributed by atoms with Crippen LogP contribution in [0.15, 0.2) is 18.2 Å². The fourth-order valence-corrected chi connectivity index (χ4v) is 1.30. The first-order chi connectivity index (χ1) is 7.79. The van der Waals surface area contributed by atoms with Crippen molar-refractivity contribution in [2.24, 2.45) is 0 Å². The summed E-state index contributed by atoms with van der Waals surface area (Å²) in [6.07, 6.45) is -7.89. The van der Waals surface area contributed by atoms with E-state index in [-0.39, 0.29) is 5.75 Å². The lowest BCUT2D eigenvalue weighted by Gasteiger charge is -2.15. The van der Waals surface area contributed by atoms with Gasteiger partial charge in [0.2, 0.25) is 0 Å². The molecule has 0 amide bonds. The summed E-state index contributed by atoms with van der Waals surface area (Å²) in [4.78, 5) is 9.66. The number of aliphatic hydroxyl groups excluding tert-OH is 1. The molecule has 5 nitrogen and oxygen atoms in total. The van der Waals surface area contributed by atoms with E-state index in [1.54, 1.807) is 0 Å². The van der Waals surface area contributed by atoms with Crippen LogP contribution in [0.5, 0.6) is 5.75 Å². The van der Waals surface area contributed by atoms with E-state index in [0.29, 0.717) is 0 Å². The summed E-state index contributed by atoms with van der Waals surface area (Å²) >= 11 is 0. The molecule has 0 aliphatic carbocycles. The summed E-state index contributed by atoms with van der Waals surface area (Å²) in [6, 6.07) is 3.11. The molecular formula is C9H8F3NO4. The molecule has 0 spiro atoms. The molecule has 0 radical (unpaired) electrons. The Morgan fingerprint density at radius 1 is 1.47 bits per heavy atom. The third kappa shape index (κ3) is 2.64. The number of hydrogen-bond acceptors (Lipinski definition) is 4. The van der Waals surface area contributed by atoms with Crippen molar-refractivity contribution >= 4 is 5.69 Å². The van der Waals surface area contributed by atoms with Gasteiger partial charge in [0, 0.05) is 0 Å². The number of ether oxygens (including phenoxy) is 1. The fraction of sp³-hybridized carbons (Fsp3) is 0.333. The van der Waals surface area contributed by atoms with Gasteiger partial charge in [0.05, 0.1) is 17.6 Å². The van der Waals surface area contributed by atoms with E-state index in [2.05, 4.69) is 4.74 Å². The van der Waals surface area contributed by atoms with E-state index in [0.717, 1.165) is 25.3 Å². The molecule has 0 saturated heterocycles. The molecule has 94 valence electrons. The van der Waals surface area contributed by atoms with Gasteiger partial charge in [0.25, 0.3) is 0 Å². The number of nitro groups is 1. The van der Waals surface area contributed by atoms with Crippen molar-refractivity contribution in [3.05, 3.63) is 33.9 Å². The quantitative estimate of drug-likeness (QED) is 0.660. The highest BCUT2D eigenvalue weighted by Crippen LogP contribution is 2.40. The van der Waals surface area contributed by atoms with Crippen molar-refractivity contribution in [1.82, 2.24) is 0 Å². The predicted molar refractivity (Wildman–Crippen MR) is 50.7 cm³/mol. The maximum absolute atomic E-state index is 12.3. The summed E-state index contributed by atoms with van der Waals surface area (Å²) in [5, 5.41) is 19.7.